The lowest BCUT2D eigenvalue weighted by Crippen LogP contribution is -2.41. The summed E-state index contributed by atoms with van der Waals surface area (Å²) in [6, 6.07) is 3.99. The minimum atomic E-state index is -0.155. The molecule has 1 aliphatic heterocycles. The molecule has 3 heterocycles. The van der Waals surface area contributed by atoms with Crippen LogP contribution in [0.25, 0.3) is 5.00 Å². The molecule has 0 unspecified atom stereocenters. The Morgan fingerprint density at radius 2 is 1.81 bits per heavy atom. The maximum atomic E-state index is 13.4. The Balaban J connectivity index is 1.62. The number of likely N-dealkylation sites (tertiary alicyclic amines) is 1. The van der Waals surface area contributed by atoms with Crippen LogP contribution in [0, 0.1) is 5.92 Å². The smallest absolute Gasteiger partial charge is 0.308 e. The number of methoxy groups -OCH3 is 1. The highest BCUT2D eigenvalue weighted by Gasteiger charge is 2.32. The first-order chi connectivity index (χ1) is 12.7. The maximum Gasteiger partial charge on any atom is 0.308 e. The van der Waals surface area contributed by atoms with Crippen molar-refractivity contribution in [1.29, 1.82) is 0 Å². The third-order valence-corrected chi connectivity index (χ3v) is 6.83. The molecule has 6 heteroatoms. The number of aryl methyl sites for hydroxylation is 1. The molecule has 0 bridgehead atoms. The second kappa shape index (κ2) is 7.27. The largest absolute Gasteiger partial charge is 0.469 e. The minimum absolute atomic E-state index is 0.0793. The summed E-state index contributed by atoms with van der Waals surface area (Å²) in [4.78, 5) is 28.4. The van der Waals surface area contributed by atoms with Gasteiger partial charge in [-0.05, 0) is 56.2 Å². The molecule has 1 saturated heterocycles. The van der Waals surface area contributed by atoms with Crippen LogP contribution >= 0.6 is 11.3 Å². The Bertz CT molecular complexity index is 801. The van der Waals surface area contributed by atoms with E-state index in [1.807, 2.05) is 29.4 Å². The number of thiophene rings is 1. The van der Waals surface area contributed by atoms with Crippen molar-refractivity contribution < 1.29 is 14.3 Å². The number of hydrogen-bond acceptors (Lipinski definition) is 4. The summed E-state index contributed by atoms with van der Waals surface area (Å²) in [5.74, 6) is -0.112. The molecule has 5 nitrogen and oxygen atoms in total. The zero-order chi connectivity index (χ0) is 18.1. The molecule has 0 aromatic carbocycles. The summed E-state index contributed by atoms with van der Waals surface area (Å²) < 4.78 is 6.92. The first-order valence-corrected chi connectivity index (χ1v) is 10.2. The molecule has 2 aromatic rings. The molecule has 2 aliphatic rings. The highest BCUT2D eigenvalue weighted by Crippen LogP contribution is 2.38. The van der Waals surface area contributed by atoms with Gasteiger partial charge in [-0.25, -0.2) is 0 Å². The monoisotopic (exact) mass is 372 g/mol. The number of rotatable bonds is 3. The van der Waals surface area contributed by atoms with E-state index in [0.717, 1.165) is 29.8 Å². The van der Waals surface area contributed by atoms with Crippen LogP contribution in [0.1, 0.15) is 46.5 Å². The van der Waals surface area contributed by atoms with Gasteiger partial charge in [-0.15, -0.1) is 11.3 Å². The van der Waals surface area contributed by atoms with Gasteiger partial charge in [-0.3, -0.25) is 9.59 Å². The number of nitrogens with zero attached hydrogens (tertiary/aromatic N) is 2. The van der Waals surface area contributed by atoms with Crippen LogP contribution in [0.3, 0.4) is 0 Å². The lowest BCUT2D eigenvalue weighted by atomic mass is 9.93. The molecule has 1 fully saturated rings. The molecule has 1 aliphatic carbocycles. The van der Waals surface area contributed by atoms with Gasteiger partial charge in [0.2, 0.25) is 0 Å². The van der Waals surface area contributed by atoms with E-state index in [1.54, 1.807) is 11.3 Å². The Labute approximate surface area is 157 Å². The van der Waals surface area contributed by atoms with Gasteiger partial charge in [0.25, 0.3) is 5.91 Å². The van der Waals surface area contributed by atoms with Crippen molar-refractivity contribution in [2.75, 3.05) is 20.2 Å². The average Bonchev–Trinajstić information content (AvgIpc) is 3.34. The SMILES string of the molecule is COC(=O)C1CCN(C(=O)c2c(-n3cccc3)sc3c2CCCC3)CC1. The molecule has 4 rings (SSSR count). The number of amides is 1. The van der Waals surface area contributed by atoms with E-state index in [0.29, 0.717) is 25.9 Å². The predicted octanol–water partition coefficient (Wildman–Crippen LogP) is 3.44. The van der Waals surface area contributed by atoms with E-state index in [2.05, 4.69) is 4.57 Å². The van der Waals surface area contributed by atoms with Crippen LogP contribution in [-0.4, -0.2) is 41.5 Å². The van der Waals surface area contributed by atoms with Gasteiger partial charge in [-0.2, -0.15) is 0 Å². The molecular formula is C20H24N2O3S. The molecule has 26 heavy (non-hydrogen) atoms. The van der Waals surface area contributed by atoms with Crippen molar-refractivity contribution in [3.05, 3.63) is 40.5 Å². The van der Waals surface area contributed by atoms with Gasteiger partial charge < -0.3 is 14.2 Å². The van der Waals surface area contributed by atoms with Crippen molar-refractivity contribution in [3.63, 3.8) is 0 Å². The summed E-state index contributed by atoms with van der Waals surface area (Å²) in [6.45, 7) is 1.24. The molecule has 1 amide bonds. The number of ether oxygens (including phenoxy) is 1. The molecular weight excluding hydrogens is 348 g/mol. The van der Waals surface area contributed by atoms with Crippen LogP contribution < -0.4 is 0 Å². The van der Waals surface area contributed by atoms with Crippen molar-refractivity contribution in [1.82, 2.24) is 9.47 Å². The fourth-order valence-electron chi connectivity index (χ4n) is 4.07. The van der Waals surface area contributed by atoms with Gasteiger partial charge in [0, 0.05) is 30.4 Å². The Morgan fingerprint density at radius 1 is 1.12 bits per heavy atom. The van der Waals surface area contributed by atoms with Crippen LogP contribution in [0.5, 0.6) is 0 Å². The van der Waals surface area contributed by atoms with Gasteiger partial charge >= 0.3 is 5.97 Å². The zero-order valence-electron chi connectivity index (χ0n) is 15.1. The van der Waals surface area contributed by atoms with Crippen LogP contribution in [0.2, 0.25) is 0 Å². The van der Waals surface area contributed by atoms with Crippen LogP contribution in [-0.2, 0) is 22.4 Å². The normalized spacial score (nSPS) is 17.8. The number of piperidine rings is 1. The van der Waals surface area contributed by atoms with E-state index in [1.165, 1.54) is 24.0 Å². The Hall–Kier alpha value is -2.08. The summed E-state index contributed by atoms with van der Waals surface area (Å²) in [5.41, 5.74) is 2.14. The second-order valence-electron chi connectivity index (χ2n) is 7.07. The van der Waals surface area contributed by atoms with Gasteiger partial charge in [0.1, 0.15) is 5.00 Å². The first kappa shape index (κ1) is 17.3. The summed E-state index contributed by atoms with van der Waals surface area (Å²) in [6.07, 6.45) is 9.82. The molecule has 0 N–H and O–H groups in total. The van der Waals surface area contributed by atoms with E-state index in [9.17, 15) is 9.59 Å². The topological polar surface area (TPSA) is 51.5 Å². The molecule has 0 radical (unpaired) electrons. The fourth-order valence-corrected chi connectivity index (χ4v) is 5.41. The van der Waals surface area contributed by atoms with E-state index >= 15 is 0 Å². The van der Waals surface area contributed by atoms with Gasteiger partial charge in [0.15, 0.2) is 0 Å². The van der Waals surface area contributed by atoms with Crippen molar-refractivity contribution in [2.24, 2.45) is 5.92 Å². The zero-order valence-corrected chi connectivity index (χ0v) is 15.9. The Morgan fingerprint density at radius 3 is 2.50 bits per heavy atom. The highest BCUT2D eigenvalue weighted by molar-refractivity contribution is 7.15. The highest BCUT2D eigenvalue weighted by atomic mass is 32.1. The van der Waals surface area contributed by atoms with Crippen LogP contribution in [0.4, 0.5) is 0 Å². The fraction of sp³-hybridized carbons (Fsp3) is 0.500. The summed E-state index contributed by atoms with van der Waals surface area (Å²) >= 11 is 1.76. The van der Waals surface area contributed by atoms with E-state index in [-0.39, 0.29) is 17.8 Å². The molecule has 0 saturated carbocycles. The number of carbonyl (C=O) groups is 2. The third kappa shape index (κ3) is 3.07. The molecule has 138 valence electrons. The van der Waals surface area contributed by atoms with Crippen molar-refractivity contribution in [2.45, 2.75) is 38.5 Å². The van der Waals surface area contributed by atoms with Gasteiger partial charge in [-0.1, -0.05) is 0 Å². The number of aromatic nitrogens is 1. The predicted molar refractivity (Wildman–Crippen MR) is 101 cm³/mol. The summed E-state index contributed by atoms with van der Waals surface area (Å²) in [7, 11) is 1.43. The number of fused-ring (bicyclic) bond motifs is 1. The maximum absolute atomic E-state index is 13.4. The lowest BCUT2D eigenvalue weighted by molar-refractivity contribution is -0.146. The molecule has 2 aromatic heterocycles. The molecule has 0 atom stereocenters. The third-order valence-electron chi connectivity index (χ3n) is 5.52. The van der Waals surface area contributed by atoms with Crippen molar-refractivity contribution in [3.8, 4) is 5.00 Å². The summed E-state index contributed by atoms with van der Waals surface area (Å²) in [5, 5.41) is 1.04. The van der Waals surface area contributed by atoms with E-state index < -0.39 is 0 Å². The van der Waals surface area contributed by atoms with Crippen LogP contribution in [0.15, 0.2) is 24.5 Å². The number of carbonyl (C=O) groups excluding carboxylic acids is 2. The first-order valence-electron chi connectivity index (χ1n) is 9.34. The average molecular weight is 372 g/mol. The quantitative estimate of drug-likeness (QED) is 0.776. The molecule has 0 spiro atoms. The Kier molecular flexibility index (Phi) is 4.85. The number of esters is 1. The minimum Gasteiger partial charge on any atom is -0.469 e. The van der Waals surface area contributed by atoms with E-state index in [4.69, 9.17) is 4.74 Å². The lowest BCUT2D eigenvalue weighted by Gasteiger charge is -2.31. The second-order valence-corrected chi connectivity index (χ2v) is 8.15. The number of hydrogen-bond donors (Lipinski definition) is 0. The van der Waals surface area contributed by atoms with Gasteiger partial charge in [0.05, 0.1) is 18.6 Å². The van der Waals surface area contributed by atoms with Crippen molar-refractivity contribution >= 4 is 23.2 Å². The standard InChI is InChI=1S/C20H24N2O3S/c1-25-20(24)14-8-12-21(13-9-14)18(23)17-15-6-2-3-7-16(15)26-19(17)22-10-4-5-11-22/h4-5,10-11,14H,2-3,6-9,12-13H2,1H3.